The standard InChI is InChI=1S/C14H21N3O3/c1-3-4-5-14(18)17-7-6-11(10-17)20-13-9-15-8-12(16-13)19-2/h8-9,11H,3-7,10H2,1-2H3. The molecule has 2 heterocycles. The molecule has 1 aliphatic rings. The number of nitrogens with zero attached hydrogens (tertiary/aromatic N) is 3. The van der Waals surface area contributed by atoms with E-state index in [2.05, 4.69) is 16.9 Å². The topological polar surface area (TPSA) is 64.6 Å². The van der Waals surface area contributed by atoms with E-state index in [4.69, 9.17) is 9.47 Å². The zero-order valence-electron chi connectivity index (χ0n) is 12.0. The lowest BCUT2D eigenvalue weighted by molar-refractivity contribution is -0.130. The monoisotopic (exact) mass is 279 g/mol. The van der Waals surface area contributed by atoms with E-state index in [1.54, 1.807) is 6.20 Å². The fraction of sp³-hybridized carbons (Fsp3) is 0.643. The highest BCUT2D eigenvalue weighted by atomic mass is 16.5. The van der Waals surface area contributed by atoms with E-state index in [1.807, 2.05) is 4.90 Å². The molecule has 1 unspecified atom stereocenters. The van der Waals surface area contributed by atoms with Crippen molar-refractivity contribution in [3.05, 3.63) is 12.4 Å². The van der Waals surface area contributed by atoms with Crippen molar-refractivity contribution in [3.63, 3.8) is 0 Å². The number of ether oxygens (including phenoxy) is 2. The van der Waals surface area contributed by atoms with Gasteiger partial charge in [0.1, 0.15) is 6.10 Å². The smallest absolute Gasteiger partial charge is 0.235 e. The number of unbranched alkanes of at least 4 members (excludes halogenated alkanes) is 1. The summed E-state index contributed by atoms with van der Waals surface area (Å²) in [6.45, 7) is 3.47. The molecule has 110 valence electrons. The molecule has 6 nitrogen and oxygen atoms in total. The summed E-state index contributed by atoms with van der Waals surface area (Å²) >= 11 is 0. The number of rotatable bonds is 6. The van der Waals surface area contributed by atoms with Crippen molar-refractivity contribution in [2.75, 3.05) is 20.2 Å². The number of methoxy groups -OCH3 is 1. The number of likely N-dealkylation sites (tertiary alicyclic amines) is 1. The van der Waals surface area contributed by atoms with Crippen molar-refractivity contribution in [2.45, 2.75) is 38.7 Å². The van der Waals surface area contributed by atoms with Crippen molar-refractivity contribution in [1.82, 2.24) is 14.9 Å². The van der Waals surface area contributed by atoms with Crippen LogP contribution >= 0.6 is 0 Å². The number of carbonyl (C=O) groups is 1. The molecule has 1 saturated heterocycles. The molecule has 1 atom stereocenters. The molecule has 20 heavy (non-hydrogen) atoms. The van der Waals surface area contributed by atoms with Gasteiger partial charge in [-0.3, -0.25) is 9.78 Å². The van der Waals surface area contributed by atoms with Gasteiger partial charge in [0, 0.05) is 19.4 Å². The predicted molar refractivity (Wildman–Crippen MR) is 73.7 cm³/mol. The van der Waals surface area contributed by atoms with Gasteiger partial charge >= 0.3 is 0 Å². The number of hydrogen-bond donors (Lipinski definition) is 0. The van der Waals surface area contributed by atoms with Crippen molar-refractivity contribution in [2.24, 2.45) is 0 Å². The van der Waals surface area contributed by atoms with Crippen LogP contribution in [0.25, 0.3) is 0 Å². The molecule has 0 spiro atoms. The average molecular weight is 279 g/mol. The molecule has 0 saturated carbocycles. The van der Waals surface area contributed by atoms with Crippen LogP contribution in [0.2, 0.25) is 0 Å². The second kappa shape index (κ2) is 7.07. The SMILES string of the molecule is CCCCC(=O)N1CCC(Oc2cncc(OC)n2)C1. The van der Waals surface area contributed by atoms with Gasteiger partial charge in [0.25, 0.3) is 0 Å². The minimum Gasteiger partial charge on any atom is -0.480 e. The molecule has 1 amide bonds. The fourth-order valence-corrected chi connectivity index (χ4v) is 2.19. The number of aromatic nitrogens is 2. The predicted octanol–water partition coefficient (Wildman–Crippen LogP) is 1.66. The summed E-state index contributed by atoms with van der Waals surface area (Å²) in [6, 6.07) is 0. The van der Waals surface area contributed by atoms with Crippen LogP contribution in [0.5, 0.6) is 11.8 Å². The number of hydrogen-bond acceptors (Lipinski definition) is 5. The fourth-order valence-electron chi connectivity index (χ4n) is 2.19. The molecule has 1 fully saturated rings. The van der Waals surface area contributed by atoms with Crippen molar-refractivity contribution in [1.29, 1.82) is 0 Å². The summed E-state index contributed by atoms with van der Waals surface area (Å²) in [5.41, 5.74) is 0. The minimum absolute atomic E-state index is 0.0121. The second-order valence-corrected chi connectivity index (χ2v) is 4.87. The third-order valence-electron chi connectivity index (χ3n) is 3.33. The Balaban J connectivity index is 1.85. The first-order valence-corrected chi connectivity index (χ1v) is 7.03. The van der Waals surface area contributed by atoms with Crippen LogP contribution in [0, 0.1) is 0 Å². The van der Waals surface area contributed by atoms with Crippen LogP contribution < -0.4 is 9.47 Å². The highest BCUT2D eigenvalue weighted by molar-refractivity contribution is 5.76. The molecule has 6 heteroatoms. The molecule has 1 aromatic rings. The van der Waals surface area contributed by atoms with E-state index in [0.29, 0.717) is 24.7 Å². The van der Waals surface area contributed by atoms with E-state index in [-0.39, 0.29) is 12.0 Å². The Kier molecular flexibility index (Phi) is 5.15. The Labute approximate surface area is 119 Å². The minimum atomic E-state index is -0.0121. The van der Waals surface area contributed by atoms with Crippen molar-refractivity contribution in [3.8, 4) is 11.8 Å². The van der Waals surface area contributed by atoms with Crippen LogP contribution in [0.1, 0.15) is 32.6 Å². The Morgan fingerprint density at radius 1 is 1.45 bits per heavy atom. The van der Waals surface area contributed by atoms with Crippen molar-refractivity contribution < 1.29 is 14.3 Å². The molecule has 0 aliphatic carbocycles. The van der Waals surface area contributed by atoms with Crippen LogP contribution in [-0.4, -0.2) is 47.1 Å². The van der Waals surface area contributed by atoms with E-state index in [9.17, 15) is 4.79 Å². The third kappa shape index (κ3) is 3.82. The van der Waals surface area contributed by atoms with Crippen LogP contribution in [0.15, 0.2) is 12.4 Å². The summed E-state index contributed by atoms with van der Waals surface area (Å²) in [7, 11) is 1.54. The van der Waals surface area contributed by atoms with Gasteiger partial charge in [-0.1, -0.05) is 13.3 Å². The van der Waals surface area contributed by atoms with E-state index in [1.165, 1.54) is 13.3 Å². The Morgan fingerprint density at radius 2 is 2.25 bits per heavy atom. The molecule has 0 bridgehead atoms. The Hall–Kier alpha value is -1.85. The highest BCUT2D eigenvalue weighted by Crippen LogP contribution is 2.18. The van der Waals surface area contributed by atoms with Gasteiger partial charge in [0.15, 0.2) is 0 Å². The molecular formula is C14H21N3O3. The van der Waals surface area contributed by atoms with Gasteiger partial charge in [-0.2, -0.15) is 4.98 Å². The maximum atomic E-state index is 11.9. The summed E-state index contributed by atoms with van der Waals surface area (Å²) in [6.07, 6.45) is 6.52. The van der Waals surface area contributed by atoms with Crippen LogP contribution in [0.4, 0.5) is 0 Å². The van der Waals surface area contributed by atoms with Crippen LogP contribution in [0.3, 0.4) is 0 Å². The van der Waals surface area contributed by atoms with E-state index >= 15 is 0 Å². The largest absolute Gasteiger partial charge is 0.480 e. The van der Waals surface area contributed by atoms with Gasteiger partial charge in [-0.05, 0) is 6.42 Å². The van der Waals surface area contributed by atoms with Gasteiger partial charge in [0.2, 0.25) is 17.7 Å². The maximum Gasteiger partial charge on any atom is 0.235 e. The summed E-state index contributed by atoms with van der Waals surface area (Å²) in [4.78, 5) is 22.0. The molecule has 2 rings (SSSR count). The second-order valence-electron chi connectivity index (χ2n) is 4.87. The first-order valence-electron chi connectivity index (χ1n) is 7.03. The molecule has 0 N–H and O–H groups in total. The lowest BCUT2D eigenvalue weighted by Crippen LogP contribution is -2.30. The van der Waals surface area contributed by atoms with Crippen LogP contribution in [-0.2, 0) is 4.79 Å². The lowest BCUT2D eigenvalue weighted by atomic mass is 10.2. The van der Waals surface area contributed by atoms with Crippen molar-refractivity contribution >= 4 is 5.91 Å². The summed E-state index contributed by atoms with van der Waals surface area (Å²) in [5.74, 6) is 1.09. The molecule has 0 aromatic carbocycles. The third-order valence-corrected chi connectivity index (χ3v) is 3.33. The molecule has 0 radical (unpaired) electrons. The summed E-state index contributed by atoms with van der Waals surface area (Å²) < 4.78 is 10.8. The maximum absolute atomic E-state index is 11.9. The molecule has 1 aliphatic heterocycles. The number of carbonyl (C=O) groups excluding carboxylic acids is 1. The summed E-state index contributed by atoms with van der Waals surface area (Å²) in [5, 5.41) is 0. The van der Waals surface area contributed by atoms with Gasteiger partial charge in [-0.25, -0.2) is 0 Å². The van der Waals surface area contributed by atoms with E-state index < -0.39 is 0 Å². The van der Waals surface area contributed by atoms with Gasteiger partial charge in [0.05, 0.1) is 26.0 Å². The highest BCUT2D eigenvalue weighted by Gasteiger charge is 2.27. The first-order chi connectivity index (χ1) is 9.72. The van der Waals surface area contributed by atoms with E-state index in [0.717, 1.165) is 25.8 Å². The zero-order chi connectivity index (χ0) is 14.4. The molecule has 1 aromatic heterocycles. The Morgan fingerprint density at radius 3 is 3.00 bits per heavy atom. The Bertz CT molecular complexity index is 453. The van der Waals surface area contributed by atoms with Gasteiger partial charge in [-0.15, -0.1) is 0 Å². The quantitative estimate of drug-likeness (QED) is 0.792. The number of amides is 1. The average Bonchev–Trinajstić information content (AvgIpc) is 2.93. The normalized spacial score (nSPS) is 18.1. The van der Waals surface area contributed by atoms with Gasteiger partial charge < -0.3 is 14.4 Å². The zero-order valence-corrected chi connectivity index (χ0v) is 12.0. The first kappa shape index (κ1) is 14.6. The molecular weight excluding hydrogens is 258 g/mol. The lowest BCUT2D eigenvalue weighted by Gasteiger charge is -2.16.